The van der Waals surface area contributed by atoms with E-state index < -0.39 is 0 Å². The Morgan fingerprint density at radius 3 is 2.29 bits per heavy atom. The van der Waals surface area contributed by atoms with Crippen molar-refractivity contribution >= 4 is 0 Å². The standard InChI is InChI=1S/C12H24N2/c1-9-4-5-11(6-10(9)2)13-12-7-14(3)8-12/h9-13H,4-8H2,1-3H3. The molecule has 2 fully saturated rings. The second-order valence-corrected chi connectivity index (χ2v) is 5.55. The summed E-state index contributed by atoms with van der Waals surface area (Å²) in [5.74, 6) is 1.86. The molecule has 0 amide bonds. The van der Waals surface area contributed by atoms with Crippen LogP contribution >= 0.6 is 0 Å². The quantitative estimate of drug-likeness (QED) is 0.723. The van der Waals surface area contributed by atoms with Crippen molar-refractivity contribution in [1.29, 1.82) is 0 Å². The number of likely N-dealkylation sites (N-methyl/N-ethyl adjacent to an activating group) is 1. The molecule has 2 rings (SSSR count). The van der Waals surface area contributed by atoms with Crippen LogP contribution in [-0.4, -0.2) is 37.1 Å². The maximum atomic E-state index is 3.80. The first kappa shape index (κ1) is 10.4. The van der Waals surface area contributed by atoms with Gasteiger partial charge in [-0.25, -0.2) is 0 Å². The zero-order valence-electron chi connectivity index (χ0n) is 9.79. The topological polar surface area (TPSA) is 15.3 Å². The van der Waals surface area contributed by atoms with E-state index in [0.29, 0.717) is 0 Å². The lowest BCUT2D eigenvalue weighted by molar-refractivity contribution is 0.127. The van der Waals surface area contributed by atoms with Crippen molar-refractivity contribution in [3.05, 3.63) is 0 Å². The smallest absolute Gasteiger partial charge is 0.0324 e. The van der Waals surface area contributed by atoms with Crippen LogP contribution in [0.5, 0.6) is 0 Å². The molecule has 14 heavy (non-hydrogen) atoms. The van der Waals surface area contributed by atoms with E-state index in [1.165, 1.54) is 32.4 Å². The summed E-state index contributed by atoms with van der Waals surface area (Å²) in [6.07, 6.45) is 4.20. The van der Waals surface area contributed by atoms with Gasteiger partial charge in [0.1, 0.15) is 0 Å². The van der Waals surface area contributed by atoms with Gasteiger partial charge in [0.05, 0.1) is 0 Å². The molecule has 0 bridgehead atoms. The second-order valence-electron chi connectivity index (χ2n) is 5.55. The lowest BCUT2D eigenvalue weighted by atomic mass is 9.79. The molecule has 0 aromatic heterocycles. The van der Waals surface area contributed by atoms with Crippen molar-refractivity contribution in [2.45, 2.75) is 45.2 Å². The van der Waals surface area contributed by atoms with Gasteiger partial charge in [0.15, 0.2) is 0 Å². The highest BCUT2D eigenvalue weighted by molar-refractivity contribution is 4.89. The summed E-state index contributed by atoms with van der Waals surface area (Å²) < 4.78 is 0. The maximum Gasteiger partial charge on any atom is 0.0324 e. The van der Waals surface area contributed by atoms with Gasteiger partial charge in [-0.05, 0) is 38.1 Å². The van der Waals surface area contributed by atoms with Crippen LogP contribution in [0.2, 0.25) is 0 Å². The van der Waals surface area contributed by atoms with Gasteiger partial charge in [0.25, 0.3) is 0 Å². The number of rotatable bonds is 2. The Balaban J connectivity index is 1.71. The predicted molar refractivity (Wildman–Crippen MR) is 60.4 cm³/mol. The normalized spacial score (nSPS) is 40.9. The van der Waals surface area contributed by atoms with Crippen LogP contribution < -0.4 is 5.32 Å². The van der Waals surface area contributed by atoms with E-state index in [1.807, 2.05) is 0 Å². The zero-order valence-corrected chi connectivity index (χ0v) is 9.79. The molecule has 1 aliphatic carbocycles. The summed E-state index contributed by atoms with van der Waals surface area (Å²) >= 11 is 0. The first-order valence-electron chi connectivity index (χ1n) is 6.09. The number of hydrogen-bond acceptors (Lipinski definition) is 2. The summed E-state index contributed by atoms with van der Waals surface area (Å²) in [7, 11) is 2.20. The van der Waals surface area contributed by atoms with Gasteiger partial charge >= 0.3 is 0 Å². The minimum Gasteiger partial charge on any atom is -0.309 e. The van der Waals surface area contributed by atoms with E-state index in [4.69, 9.17) is 0 Å². The third kappa shape index (κ3) is 2.29. The molecule has 1 heterocycles. The van der Waals surface area contributed by atoms with Crippen molar-refractivity contribution in [1.82, 2.24) is 10.2 Å². The number of hydrogen-bond donors (Lipinski definition) is 1. The fraction of sp³-hybridized carbons (Fsp3) is 1.00. The molecule has 1 saturated carbocycles. The third-order valence-electron chi connectivity index (χ3n) is 4.13. The van der Waals surface area contributed by atoms with Crippen molar-refractivity contribution in [3.63, 3.8) is 0 Å². The molecular formula is C12H24N2. The first-order valence-corrected chi connectivity index (χ1v) is 6.09. The molecule has 1 aliphatic heterocycles. The summed E-state index contributed by atoms with van der Waals surface area (Å²) in [6, 6.07) is 1.59. The van der Waals surface area contributed by atoms with Crippen molar-refractivity contribution in [3.8, 4) is 0 Å². The van der Waals surface area contributed by atoms with E-state index >= 15 is 0 Å². The monoisotopic (exact) mass is 196 g/mol. The van der Waals surface area contributed by atoms with Gasteiger partial charge in [-0.1, -0.05) is 13.8 Å². The molecule has 2 aliphatic rings. The molecule has 2 nitrogen and oxygen atoms in total. The fourth-order valence-electron chi connectivity index (χ4n) is 2.84. The molecule has 0 spiro atoms. The van der Waals surface area contributed by atoms with Crippen LogP contribution in [0.15, 0.2) is 0 Å². The van der Waals surface area contributed by atoms with Gasteiger partial charge in [-0.3, -0.25) is 0 Å². The molecule has 82 valence electrons. The number of nitrogens with one attached hydrogen (secondary N) is 1. The lowest BCUT2D eigenvalue weighted by Gasteiger charge is -2.41. The summed E-state index contributed by atoms with van der Waals surface area (Å²) in [5, 5.41) is 3.80. The van der Waals surface area contributed by atoms with Crippen molar-refractivity contribution in [2.75, 3.05) is 20.1 Å². The molecular weight excluding hydrogens is 172 g/mol. The van der Waals surface area contributed by atoms with E-state index in [0.717, 1.165) is 23.9 Å². The maximum absolute atomic E-state index is 3.80. The van der Waals surface area contributed by atoms with E-state index in [-0.39, 0.29) is 0 Å². The largest absolute Gasteiger partial charge is 0.309 e. The molecule has 3 unspecified atom stereocenters. The van der Waals surface area contributed by atoms with Crippen LogP contribution in [0.4, 0.5) is 0 Å². The Kier molecular flexibility index (Phi) is 3.13. The Bertz CT molecular complexity index is 187. The van der Waals surface area contributed by atoms with Gasteiger partial charge < -0.3 is 10.2 Å². The van der Waals surface area contributed by atoms with E-state index in [9.17, 15) is 0 Å². The SMILES string of the molecule is CC1CCC(NC2CN(C)C2)CC1C. The molecule has 3 atom stereocenters. The molecule has 0 aromatic carbocycles. The summed E-state index contributed by atoms with van der Waals surface area (Å²) in [5.41, 5.74) is 0. The average molecular weight is 196 g/mol. The third-order valence-corrected chi connectivity index (χ3v) is 4.13. The Labute approximate surface area is 88.1 Å². The minimum absolute atomic E-state index is 0.783. The molecule has 0 radical (unpaired) electrons. The van der Waals surface area contributed by atoms with Crippen molar-refractivity contribution in [2.24, 2.45) is 11.8 Å². The molecule has 1 N–H and O–H groups in total. The lowest BCUT2D eigenvalue weighted by Crippen LogP contribution is -2.59. The minimum atomic E-state index is 0.783. The van der Waals surface area contributed by atoms with Crippen LogP contribution in [0, 0.1) is 11.8 Å². The van der Waals surface area contributed by atoms with Gasteiger partial charge in [0, 0.05) is 25.2 Å². The predicted octanol–water partition coefficient (Wildman–Crippen LogP) is 1.71. The highest BCUT2D eigenvalue weighted by Crippen LogP contribution is 2.29. The first-order chi connectivity index (χ1) is 6.65. The van der Waals surface area contributed by atoms with Crippen molar-refractivity contribution < 1.29 is 0 Å². The number of likely N-dealkylation sites (tertiary alicyclic amines) is 1. The van der Waals surface area contributed by atoms with Crippen LogP contribution in [0.3, 0.4) is 0 Å². The summed E-state index contributed by atoms with van der Waals surface area (Å²) in [6.45, 7) is 7.31. The fourth-order valence-corrected chi connectivity index (χ4v) is 2.84. The Morgan fingerprint density at radius 2 is 1.71 bits per heavy atom. The Morgan fingerprint density at radius 1 is 1.00 bits per heavy atom. The molecule has 2 heteroatoms. The summed E-state index contributed by atoms with van der Waals surface area (Å²) in [4.78, 5) is 2.38. The van der Waals surface area contributed by atoms with Crippen LogP contribution in [0.25, 0.3) is 0 Å². The highest BCUT2D eigenvalue weighted by atomic mass is 15.2. The van der Waals surface area contributed by atoms with E-state index in [1.54, 1.807) is 0 Å². The van der Waals surface area contributed by atoms with Gasteiger partial charge in [0.2, 0.25) is 0 Å². The molecule has 0 aromatic rings. The van der Waals surface area contributed by atoms with Crippen LogP contribution in [-0.2, 0) is 0 Å². The highest BCUT2D eigenvalue weighted by Gasteiger charge is 2.29. The number of nitrogens with zero attached hydrogens (tertiary/aromatic N) is 1. The molecule has 1 saturated heterocycles. The second kappa shape index (κ2) is 4.19. The average Bonchev–Trinajstić information content (AvgIpc) is 2.09. The van der Waals surface area contributed by atoms with E-state index in [2.05, 4.69) is 31.1 Å². The van der Waals surface area contributed by atoms with Gasteiger partial charge in [-0.2, -0.15) is 0 Å². The van der Waals surface area contributed by atoms with Crippen LogP contribution in [0.1, 0.15) is 33.1 Å². The Hall–Kier alpha value is -0.0800. The van der Waals surface area contributed by atoms with Gasteiger partial charge in [-0.15, -0.1) is 0 Å². The zero-order chi connectivity index (χ0) is 10.1.